The first kappa shape index (κ1) is 7.28. The third kappa shape index (κ3) is 1.31. The van der Waals surface area contributed by atoms with Gasteiger partial charge in [0.05, 0.1) is 19.3 Å². The quantitative estimate of drug-likeness (QED) is 0.686. The first-order valence-electron chi connectivity index (χ1n) is 3.67. The lowest BCUT2D eigenvalue weighted by molar-refractivity contribution is 0.125. The number of hydrogen-bond acceptors (Lipinski definition) is 3. The first-order chi connectivity index (χ1) is 5.38. The molecular weight excluding hydrogens is 160 g/mol. The molecule has 2 heterocycles. The van der Waals surface area contributed by atoms with E-state index in [4.69, 9.17) is 4.74 Å². The van der Waals surface area contributed by atoms with Crippen molar-refractivity contribution in [3.05, 3.63) is 22.4 Å². The van der Waals surface area contributed by atoms with Gasteiger partial charge in [-0.2, -0.15) is 0 Å². The Morgan fingerprint density at radius 3 is 3.00 bits per heavy atom. The van der Waals surface area contributed by atoms with Gasteiger partial charge in [-0.05, 0) is 11.4 Å². The standard InChI is InChI=1S/C8H10O2S/c9-7-5-10-4-6(7)8-2-1-3-11-8/h1-3,6-7,9H,4-5H2/t6-,7+/m1/s1. The molecule has 1 aliphatic heterocycles. The predicted molar refractivity (Wildman–Crippen MR) is 43.9 cm³/mol. The molecule has 1 fully saturated rings. The minimum atomic E-state index is -0.298. The van der Waals surface area contributed by atoms with Gasteiger partial charge in [-0.1, -0.05) is 6.07 Å². The molecule has 1 aliphatic rings. The van der Waals surface area contributed by atoms with E-state index in [-0.39, 0.29) is 12.0 Å². The Balaban J connectivity index is 2.16. The van der Waals surface area contributed by atoms with Crippen LogP contribution < -0.4 is 0 Å². The average molecular weight is 170 g/mol. The van der Waals surface area contributed by atoms with Gasteiger partial charge in [0.25, 0.3) is 0 Å². The molecule has 11 heavy (non-hydrogen) atoms. The molecule has 1 aromatic rings. The Kier molecular flexibility index (Phi) is 1.94. The van der Waals surface area contributed by atoms with Crippen LogP contribution in [0.3, 0.4) is 0 Å². The lowest BCUT2D eigenvalue weighted by atomic mass is 10.1. The fourth-order valence-electron chi connectivity index (χ4n) is 1.32. The number of ether oxygens (including phenoxy) is 1. The van der Waals surface area contributed by atoms with Crippen molar-refractivity contribution in [2.75, 3.05) is 13.2 Å². The van der Waals surface area contributed by atoms with Gasteiger partial charge in [0.1, 0.15) is 0 Å². The molecule has 0 aliphatic carbocycles. The van der Waals surface area contributed by atoms with E-state index in [9.17, 15) is 5.11 Å². The summed E-state index contributed by atoms with van der Waals surface area (Å²) >= 11 is 1.68. The second-order valence-electron chi connectivity index (χ2n) is 2.73. The van der Waals surface area contributed by atoms with Gasteiger partial charge in [0, 0.05) is 10.8 Å². The fraction of sp³-hybridized carbons (Fsp3) is 0.500. The molecule has 0 aromatic carbocycles. The van der Waals surface area contributed by atoms with E-state index in [0.29, 0.717) is 13.2 Å². The maximum Gasteiger partial charge on any atom is 0.0872 e. The van der Waals surface area contributed by atoms with Crippen molar-refractivity contribution < 1.29 is 9.84 Å². The monoisotopic (exact) mass is 170 g/mol. The molecular formula is C8H10O2S. The highest BCUT2D eigenvalue weighted by molar-refractivity contribution is 7.10. The summed E-state index contributed by atoms with van der Waals surface area (Å²) in [7, 11) is 0. The van der Waals surface area contributed by atoms with E-state index >= 15 is 0 Å². The molecule has 2 atom stereocenters. The van der Waals surface area contributed by atoms with E-state index in [1.807, 2.05) is 17.5 Å². The van der Waals surface area contributed by atoms with Gasteiger partial charge in [-0.15, -0.1) is 11.3 Å². The number of aliphatic hydroxyl groups excluding tert-OH is 1. The zero-order chi connectivity index (χ0) is 7.68. The van der Waals surface area contributed by atoms with Gasteiger partial charge in [0.15, 0.2) is 0 Å². The summed E-state index contributed by atoms with van der Waals surface area (Å²) in [5, 5.41) is 11.5. The molecule has 1 aromatic heterocycles. The summed E-state index contributed by atoms with van der Waals surface area (Å²) in [6.45, 7) is 1.16. The Bertz CT molecular complexity index is 220. The van der Waals surface area contributed by atoms with E-state index in [2.05, 4.69) is 0 Å². The molecule has 0 unspecified atom stereocenters. The summed E-state index contributed by atoms with van der Waals surface area (Å²) in [6.07, 6.45) is -0.298. The highest BCUT2D eigenvalue weighted by Crippen LogP contribution is 2.28. The Morgan fingerprint density at radius 1 is 1.55 bits per heavy atom. The van der Waals surface area contributed by atoms with Gasteiger partial charge in [-0.3, -0.25) is 0 Å². The first-order valence-corrected chi connectivity index (χ1v) is 4.55. The number of hydrogen-bond donors (Lipinski definition) is 1. The highest BCUT2D eigenvalue weighted by Gasteiger charge is 2.27. The molecule has 0 radical (unpaired) electrons. The minimum absolute atomic E-state index is 0.218. The average Bonchev–Trinajstić information content (AvgIpc) is 2.55. The predicted octanol–water partition coefficient (Wildman–Crippen LogP) is 1.22. The summed E-state index contributed by atoms with van der Waals surface area (Å²) in [5.74, 6) is 0.218. The number of aliphatic hydroxyl groups is 1. The maximum atomic E-state index is 9.44. The Labute approximate surface area is 69.4 Å². The van der Waals surface area contributed by atoms with E-state index in [1.165, 1.54) is 4.88 Å². The van der Waals surface area contributed by atoms with E-state index in [0.717, 1.165) is 0 Å². The number of thiophene rings is 1. The summed E-state index contributed by atoms with van der Waals surface area (Å²) in [5.41, 5.74) is 0. The zero-order valence-corrected chi connectivity index (χ0v) is 6.88. The lowest BCUT2D eigenvalue weighted by Crippen LogP contribution is -2.14. The summed E-state index contributed by atoms with van der Waals surface area (Å²) in [4.78, 5) is 1.23. The van der Waals surface area contributed by atoms with Crippen molar-refractivity contribution in [3.8, 4) is 0 Å². The van der Waals surface area contributed by atoms with E-state index < -0.39 is 0 Å². The molecule has 2 nitrogen and oxygen atoms in total. The third-order valence-corrected chi connectivity index (χ3v) is 2.96. The second kappa shape index (κ2) is 2.93. The summed E-state index contributed by atoms with van der Waals surface area (Å²) < 4.78 is 5.15. The van der Waals surface area contributed by atoms with Crippen LogP contribution in [-0.4, -0.2) is 24.4 Å². The third-order valence-electron chi connectivity index (χ3n) is 1.96. The molecule has 1 saturated heterocycles. The fourth-order valence-corrected chi connectivity index (χ4v) is 2.19. The zero-order valence-electron chi connectivity index (χ0n) is 6.06. The molecule has 0 bridgehead atoms. The number of rotatable bonds is 1. The largest absolute Gasteiger partial charge is 0.390 e. The van der Waals surface area contributed by atoms with E-state index in [1.54, 1.807) is 11.3 Å². The molecule has 60 valence electrons. The van der Waals surface area contributed by atoms with Crippen molar-refractivity contribution >= 4 is 11.3 Å². The maximum absolute atomic E-state index is 9.44. The molecule has 3 heteroatoms. The lowest BCUT2D eigenvalue weighted by Gasteiger charge is -2.08. The topological polar surface area (TPSA) is 29.5 Å². The van der Waals surface area contributed by atoms with Crippen LogP contribution in [0, 0.1) is 0 Å². The van der Waals surface area contributed by atoms with Crippen molar-refractivity contribution in [1.29, 1.82) is 0 Å². The Morgan fingerprint density at radius 2 is 2.45 bits per heavy atom. The smallest absolute Gasteiger partial charge is 0.0872 e. The van der Waals surface area contributed by atoms with Gasteiger partial charge >= 0.3 is 0 Å². The SMILES string of the molecule is O[C@H]1COC[C@H]1c1cccs1. The minimum Gasteiger partial charge on any atom is -0.390 e. The van der Waals surface area contributed by atoms with Crippen LogP contribution in [0.15, 0.2) is 17.5 Å². The van der Waals surface area contributed by atoms with Crippen molar-refractivity contribution in [1.82, 2.24) is 0 Å². The van der Waals surface area contributed by atoms with Crippen LogP contribution >= 0.6 is 11.3 Å². The molecule has 2 rings (SSSR count). The van der Waals surface area contributed by atoms with Crippen LogP contribution in [0.25, 0.3) is 0 Å². The van der Waals surface area contributed by atoms with Crippen molar-refractivity contribution in [3.63, 3.8) is 0 Å². The van der Waals surface area contributed by atoms with Gasteiger partial charge in [0.2, 0.25) is 0 Å². The van der Waals surface area contributed by atoms with Gasteiger partial charge in [-0.25, -0.2) is 0 Å². The van der Waals surface area contributed by atoms with Gasteiger partial charge < -0.3 is 9.84 Å². The van der Waals surface area contributed by atoms with Crippen molar-refractivity contribution in [2.24, 2.45) is 0 Å². The summed E-state index contributed by atoms with van der Waals surface area (Å²) in [6, 6.07) is 4.05. The molecule has 0 spiro atoms. The van der Waals surface area contributed by atoms with Crippen molar-refractivity contribution in [2.45, 2.75) is 12.0 Å². The Hall–Kier alpha value is -0.380. The normalized spacial score (nSPS) is 31.0. The van der Waals surface area contributed by atoms with Crippen LogP contribution in [0.5, 0.6) is 0 Å². The van der Waals surface area contributed by atoms with Crippen LogP contribution in [0.4, 0.5) is 0 Å². The molecule has 0 amide bonds. The van der Waals surface area contributed by atoms with Crippen LogP contribution in [0.1, 0.15) is 10.8 Å². The van der Waals surface area contributed by atoms with Crippen LogP contribution in [-0.2, 0) is 4.74 Å². The molecule has 0 saturated carbocycles. The molecule has 1 N–H and O–H groups in total. The second-order valence-corrected chi connectivity index (χ2v) is 3.71. The highest BCUT2D eigenvalue weighted by atomic mass is 32.1. The van der Waals surface area contributed by atoms with Crippen LogP contribution in [0.2, 0.25) is 0 Å².